The third kappa shape index (κ3) is 9.91. The molecule has 0 heterocycles. The van der Waals surface area contributed by atoms with E-state index in [0.717, 1.165) is 0 Å². The smallest absolute Gasteiger partial charge is 0 e. The molecule has 0 fully saturated rings. The predicted molar refractivity (Wildman–Crippen MR) is 14.7 cm³/mol. The minimum atomic E-state index is 0. The maximum atomic E-state index is 0. The van der Waals surface area contributed by atoms with E-state index in [2.05, 4.69) is 0 Å². The molecule has 0 aromatic carbocycles. The second-order valence-corrected chi connectivity index (χ2v) is 0. The maximum absolute atomic E-state index is 0. The van der Waals surface area contributed by atoms with Gasteiger partial charge in [0, 0.05) is 34.1 Å². The van der Waals surface area contributed by atoms with Crippen LogP contribution in [0.3, 0.4) is 0 Å². The minimum Gasteiger partial charge on any atom is -0.412 e. The van der Waals surface area contributed by atoms with Crippen LogP contribution < -0.4 is 0 Å². The van der Waals surface area contributed by atoms with Crippen LogP contribution in [-0.2, 0) is 34.1 Å². The van der Waals surface area contributed by atoms with Crippen LogP contribution in [0.4, 0.5) is 0 Å². The molecule has 0 rings (SSSR count). The third-order valence-electron chi connectivity index (χ3n) is 0. The molecule has 0 aliphatic rings. The fraction of sp³-hybridized carbons (Fsp3) is 0. The van der Waals surface area contributed by atoms with Crippen molar-refractivity contribution in [2.45, 2.75) is 0 Å². The topological polar surface area (TPSA) is 31.5 Å². The first kappa shape index (κ1) is 52.2. The van der Waals surface area contributed by atoms with E-state index in [1.54, 1.807) is 0 Å². The second-order valence-electron chi connectivity index (χ2n) is 0. The second kappa shape index (κ2) is 25.5. The molecule has 4 heavy (non-hydrogen) atoms. The molecule has 1 nitrogen and oxygen atoms in total. The van der Waals surface area contributed by atoms with Gasteiger partial charge in [0.05, 0.1) is 0 Å². The summed E-state index contributed by atoms with van der Waals surface area (Å²) in [5.41, 5.74) is 0. The molecule has 0 aromatic rings. The fourth-order valence-corrected chi connectivity index (χ4v) is 0. The normalized spacial score (nSPS) is 0. The van der Waals surface area contributed by atoms with Crippen molar-refractivity contribution in [2.75, 3.05) is 0 Å². The van der Waals surface area contributed by atoms with E-state index in [4.69, 9.17) is 0 Å². The average Bonchev–Trinajstić information content (AvgIpc) is 0. The van der Waals surface area contributed by atoms with Crippen LogP contribution in [0.1, 0.15) is 0 Å². The van der Waals surface area contributed by atoms with Crippen molar-refractivity contribution < 1.29 is 39.6 Å². The molecule has 0 saturated carbocycles. The molecule has 0 aliphatic heterocycles. The predicted octanol–water partition coefficient (Wildman–Crippen LogP) is -0.772. The molecule has 0 bridgehead atoms. The van der Waals surface area contributed by atoms with Crippen molar-refractivity contribution in [2.24, 2.45) is 0 Å². The first-order valence-corrected chi connectivity index (χ1v) is 0. The van der Waals surface area contributed by atoms with Crippen molar-refractivity contribution in [3.05, 3.63) is 0 Å². The zero-order valence-corrected chi connectivity index (χ0v) is 5.64. The van der Waals surface area contributed by atoms with Crippen LogP contribution in [0, 0.1) is 0 Å². The first-order valence-electron chi connectivity index (χ1n) is 0. The Morgan fingerprint density at radius 3 is 1.00 bits per heavy atom. The van der Waals surface area contributed by atoms with E-state index in [0.29, 0.717) is 0 Å². The summed E-state index contributed by atoms with van der Waals surface area (Å²) in [6.45, 7) is 0. The molecular weight excluding hydrogens is 158 g/mol. The Kier molecular flexibility index (Phi) is 333. The first-order chi connectivity index (χ1) is 0. The summed E-state index contributed by atoms with van der Waals surface area (Å²) in [4.78, 5) is 0. The monoisotopic (exact) mass is 163 g/mol. The van der Waals surface area contributed by atoms with Gasteiger partial charge in [0.25, 0.3) is 0 Å². The zero-order chi connectivity index (χ0) is 0. The van der Waals surface area contributed by atoms with Gasteiger partial charge < -0.3 is 5.48 Å². The summed E-state index contributed by atoms with van der Waals surface area (Å²) in [6.07, 6.45) is 0. The van der Waals surface area contributed by atoms with Gasteiger partial charge in [-0.05, 0) is 0 Å². The van der Waals surface area contributed by atoms with Crippen LogP contribution >= 0.6 is 9.90 Å². The van der Waals surface area contributed by atoms with Gasteiger partial charge in [0.2, 0.25) is 0 Å². The van der Waals surface area contributed by atoms with Gasteiger partial charge in [0.15, 0.2) is 0 Å². The third-order valence-corrected chi connectivity index (χ3v) is 0. The largest absolute Gasteiger partial charge is 0.412 e. The van der Waals surface area contributed by atoms with E-state index >= 15 is 0 Å². The summed E-state index contributed by atoms with van der Waals surface area (Å²) in [6, 6.07) is 0. The van der Waals surface area contributed by atoms with Crippen LogP contribution in [-0.4, -0.2) is 5.48 Å². The summed E-state index contributed by atoms with van der Waals surface area (Å²) in [5.74, 6) is 0. The quantitative estimate of drug-likeness (QED) is 0.331. The van der Waals surface area contributed by atoms with Crippen LogP contribution in [0.15, 0.2) is 0 Å². The van der Waals surface area contributed by atoms with Gasteiger partial charge in [-0.25, -0.2) is 0 Å². The molecule has 2 N–H and O–H groups in total. The standard InChI is InChI=1S/Fe.Mn.H2O.H3P/h;;1H2;1H3. The van der Waals surface area contributed by atoms with Crippen molar-refractivity contribution >= 4 is 9.90 Å². The van der Waals surface area contributed by atoms with Gasteiger partial charge in [-0.3, -0.25) is 0 Å². The summed E-state index contributed by atoms with van der Waals surface area (Å²) in [5, 5.41) is 0. The van der Waals surface area contributed by atoms with Crippen molar-refractivity contribution in [3.8, 4) is 0 Å². The number of hydrogen-bond donors (Lipinski definition) is 0. The number of rotatable bonds is 0. The SMILES string of the molecule is O.P.[Fe].[Mn]. The molecule has 0 aromatic heterocycles. The Morgan fingerprint density at radius 2 is 1.00 bits per heavy atom. The van der Waals surface area contributed by atoms with E-state index < -0.39 is 0 Å². The Morgan fingerprint density at radius 1 is 1.00 bits per heavy atom. The van der Waals surface area contributed by atoms with Gasteiger partial charge >= 0.3 is 0 Å². The summed E-state index contributed by atoms with van der Waals surface area (Å²) in [7, 11) is 0. The van der Waals surface area contributed by atoms with Crippen LogP contribution in [0.2, 0.25) is 0 Å². The summed E-state index contributed by atoms with van der Waals surface area (Å²) >= 11 is 0. The van der Waals surface area contributed by atoms with Crippen LogP contribution in [0.25, 0.3) is 0 Å². The Labute approximate surface area is 49.8 Å². The van der Waals surface area contributed by atoms with Crippen molar-refractivity contribution in [3.63, 3.8) is 0 Å². The molecule has 1 unspecified atom stereocenters. The minimum absolute atomic E-state index is 0. The maximum Gasteiger partial charge on any atom is 0 e. The average molecular weight is 163 g/mol. The van der Waals surface area contributed by atoms with Crippen LogP contribution in [0.5, 0.6) is 0 Å². The van der Waals surface area contributed by atoms with Gasteiger partial charge in [0.1, 0.15) is 0 Å². The zero-order valence-electron chi connectivity index (χ0n) is 1.94. The van der Waals surface area contributed by atoms with E-state index in [-0.39, 0.29) is 49.5 Å². The van der Waals surface area contributed by atoms with Gasteiger partial charge in [-0.2, -0.15) is 9.90 Å². The molecule has 0 spiro atoms. The molecule has 1 atom stereocenters. The molecule has 0 amide bonds. The Balaban J connectivity index is 0. The number of hydrogen-bond acceptors (Lipinski definition) is 0. The molecular formula is H5FeMnOP. The molecule has 0 aliphatic carbocycles. The fourth-order valence-electron chi connectivity index (χ4n) is 0. The van der Waals surface area contributed by atoms with E-state index in [9.17, 15) is 0 Å². The Hall–Kier alpha value is 1.43. The molecule has 1 radical (unpaired) electrons. The molecule has 31 valence electrons. The van der Waals surface area contributed by atoms with E-state index in [1.165, 1.54) is 0 Å². The van der Waals surface area contributed by atoms with Gasteiger partial charge in [-0.1, -0.05) is 0 Å². The van der Waals surface area contributed by atoms with Crippen molar-refractivity contribution in [1.29, 1.82) is 0 Å². The molecule has 4 heteroatoms. The van der Waals surface area contributed by atoms with Gasteiger partial charge in [-0.15, -0.1) is 0 Å². The molecule has 0 saturated heterocycles. The van der Waals surface area contributed by atoms with E-state index in [1.807, 2.05) is 0 Å². The summed E-state index contributed by atoms with van der Waals surface area (Å²) < 4.78 is 0. The Bertz CT molecular complexity index is 8.00. The van der Waals surface area contributed by atoms with Crippen molar-refractivity contribution in [1.82, 2.24) is 0 Å².